The van der Waals surface area contributed by atoms with E-state index < -0.39 is 0 Å². The highest BCUT2D eigenvalue weighted by atomic mass is 32.2. The lowest BCUT2D eigenvalue weighted by Crippen LogP contribution is -2.41. The van der Waals surface area contributed by atoms with E-state index in [0.717, 1.165) is 35.6 Å². The Hall–Kier alpha value is -2.93. The molecule has 0 bridgehead atoms. The second kappa shape index (κ2) is 10.9. The van der Waals surface area contributed by atoms with Gasteiger partial charge in [0.1, 0.15) is 5.75 Å². The number of allylic oxidation sites excluding steroid dienone is 1. The second-order valence-electron chi connectivity index (χ2n) is 7.00. The number of nitrogens with zero attached hydrogens (tertiary/aromatic N) is 2. The number of ether oxygens (including phenoxy) is 3. The molecule has 2 aromatic carbocycles. The first-order valence-electron chi connectivity index (χ1n) is 10.2. The van der Waals surface area contributed by atoms with Gasteiger partial charge in [-0.25, -0.2) is 4.99 Å². The standard InChI is InChI=1S/C24H28N2O4S/c1-5-7-17-8-13-21(22(14-17)29-4)30-15-23(27)26-19(6-2)16-31-24(26)25-18-9-11-20(28-3)12-10-18/h5,8-14,19H,1,6-7,15-16H2,2-4H3. The van der Waals surface area contributed by atoms with Gasteiger partial charge in [-0.2, -0.15) is 0 Å². The van der Waals surface area contributed by atoms with Crippen molar-refractivity contribution in [3.05, 3.63) is 60.7 Å². The molecule has 164 valence electrons. The van der Waals surface area contributed by atoms with Crippen molar-refractivity contribution in [3.8, 4) is 17.2 Å². The summed E-state index contributed by atoms with van der Waals surface area (Å²) in [6, 6.07) is 13.2. The summed E-state index contributed by atoms with van der Waals surface area (Å²) >= 11 is 1.59. The van der Waals surface area contributed by atoms with E-state index in [9.17, 15) is 4.79 Å². The van der Waals surface area contributed by atoms with Crippen LogP contribution in [0.1, 0.15) is 18.9 Å². The summed E-state index contributed by atoms with van der Waals surface area (Å²) in [5, 5.41) is 0.693. The number of carbonyl (C=O) groups is 1. The molecule has 6 nitrogen and oxygen atoms in total. The molecule has 0 aliphatic carbocycles. The Morgan fingerprint density at radius 2 is 1.97 bits per heavy atom. The maximum absolute atomic E-state index is 13.1. The summed E-state index contributed by atoms with van der Waals surface area (Å²) in [5.41, 5.74) is 1.85. The Morgan fingerprint density at radius 3 is 2.61 bits per heavy atom. The first-order valence-corrected chi connectivity index (χ1v) is 11.2. The van der Waals surface area contributed by atoms with Gasteiger partial charge in [0, 0.05) is 11.8 Å². The largest absolute Gasteiger partial charge is 0.497 e. The zero-order chi connectivity index (χ0) is 22.2. The minimum Gasteiger partial charge on any atom is -0.497 e. The van der Waals surface area contributed by atoms with Crippen LogP contribution in [0.25, 0.3) is 0 Å². The van der Waals surface area contributed by atoms with E-state index in [-0.39, 0.29) is 18.6 Å². The highest BCUT2D eigenvalue weighted by molar-refractivity contribution is 8.14. The van der Waals surface area contributed by atoms with E-state index in [2.05, 4.69) is 13.5 Å². The van der Waals surface area contributed by atoms with Crippen LogP contribution in [-0.4, -0.2) is 48.6 Å². The molecule has 1 atom stereocenters. The SMILES string of the molecule is C=CCc1ccc(OCC(=O)N2C(=Nc3ccc(OC)cc3)SCC2CC)c(OC)c1. The van der Waals surface area contributed by atoms with Gasteiger partial charge in [0.25, 0.3) is 5.91 Å². The fourth-order valence-electron chi connectivity index (χ4n) is 3.27. The van der Waals surface area contributed by atoms with Crippen molar-refractivity contribution in [1.82, 2.24) is 4.90 Å². The zero-order valence-corrected chi connectivity index (χ0v) is 19.0. The minimum atomic E-state index is -0.124. The van der Waals surface area contributed by atoms with Crippen LogP contribution < -0.4 is 14.2 Å². The molecule has 1 fully saturated rings. The predicted octanol–water partition coefficient (Wildman–Crippen LogP) is 4.85. The van der Waals surface area contributed by atoms with Gasteiger partial charge >= 0.3 is 0 Å². The normalized spacial score (nSPS) is 16.9. The number of aliphatic imine (C=N–C) groups is 1. The van der Waals surface area contributed by atoms with Crippen molar-refractivity contribution in [3.63, 3.8) is 0 Å². The summed E-state index contributed by atoms with van der Waals surface area (Å²) in [5.74, 6) is 2.60. The molecule has 2 aromatic rings. The Labute approximate surface area is 187 Å². The summed E-state index contributed by atoms with van der Waals surface area (Å²) in [4.78, 5) is 19.5. The van der Waals surface area contributed by atoms with E-state index >= 15 is 0 Å². The number of rotatable bonds is 9. The first kappa shape index (κ1) is 22.7. The van der Waals surface area contributed by atoms with Crippen molar-refractivity contribution >= 4 is 28.5 Å². The van der Waals surface area contributed by atoms with E-state index in [1.54, 1.807) is 30.9 Å². The lowest BCUT2D eigenvalue weighted by molar-refractivity contribution is -0.130. The minimum absolute atomic E-state index is 0.0874. The van der Waals surface area contributed by atoms with E-state index in [1.165, 1.54) is 0 Å². The third-order valence-corrected chi connectivity index (χ3v) is 6.07. The molecule has 1 saturated heterocycles. The quantitative estimate of drug-likeness (QED) is 0.522. The Bertz CT molecular complexity index is 943. The molecule has 0 saturated carbocycles. The predicted molar refractivity (Wildman–Crippen MR) is 126 cm³/mol. The van der Waals surface area contributed by atoms with Gasteiger partial charge < -0.3 is 14.2 Å². The number of hydrogen-bond donors (Lipinski definition) is 0. The molecule has 1 amide bonds. The molecule has 0 radical (unpaired) electrons. The summed E-state index contributed by atoms with van der Waals surface area (Å²) < 4.78 is 16.5. The molecular weight excluding hydrogens is 412 g/mol. The van der Waals surface area contributed by atoms with Crippen molar-refractivity contribution < 1.29 is 19.0 Å². The number of carbonyl (C=O) groups excluding carboxylic acids is 1. The zero-order valence-electron chi connectivity index (χ0n) is 18.2. The van der Waals surface area contributed by atoms with Crippen LogP contribution >= 0.6 is 11.8 Å². The molecule has 0 spiro atoms. The third-order valence-electron chi connectivity index (χ3n) is 4.97. The van der Waals surface area contributed by atoms with Crippen LogP contribution in [-0.2, 0) is 11.2 Å². The maximum atomic E-state index is 13.1. The lowest BCUT2D eigenvalue weighted by Gasteiger charge is -2.23. The van der Waals surface area contributed by atoms with Gasteiger partial charge in [-0.3, -0.25) is 9.69 Å². The van der Waals surface area contributed by atoms with Crippen LogP contribution in [0.2, 0.25) is 0 Å². The number of amidine groups is 1. The van der Waals surface area contributed by atoms with Crippen molar-refractivity contribution in [1.29, 1.82) is 0 Å². The van der Waals surface area contributed by atoms with E-state index in [0.29, 0.717) is 16.7 Å². The van der Waals surface area contributed by atoms with Gasteiger partial charge in [0.2, 0.25) is 0 Å². The van der Waals surface area contributed by atoms with Gasteiger partial charge in [-0.15, -0.1) is 6.58 Å². The molecule has 1 aliphatic rings. The average Bonchev–Trinajstić information content (AvgIpc) is 3.21. The number of hydrogen-bond acceptors (Lipinski definition) is 6. The topological polar surface area (TPSA) is 60.4 Å². The fraction of sp³-hybridized carbons (Fsp3) is 0.333. The molecule has 3 rings (SSSR count). The smallest absolute Gasteiger partial charge is 0.266 e. The van der Waals surface area contributed by atoms with Crippen molar-refractivity contribution in [2.75, 3.05) is 26.6 Å². The highest BCUT2D eigenvalue weighted by Crippen LogP contribution is 2.31. The lowest BCUT2D eigenvalue weighted by atomic mass is 10.1. The molecular formula is C24H28N2O4S. The molecule has 0 N–H and O–H groups in total. The number of amides is 1. The van der Waals surface area contributed by atoms with Crippen molar-refractivity contribution in [2.45, 2.75) is 25.8 Å². The highest BCUT2D eigenvalue weighted by Gasteiger charge is 2.34. The number of thioether (sulfide) groups is 1. The molecule has 1 unspecified atom stereocenters. The van der Waals surface area contributed by atoms with Gasteiger partial charge in [0.15, 0.2) is 23.3 Å². The van der Waals surface area contributed by atoms with E-state index in [4.69, 9.17) is 19.2 Å². The van der Waals surface area contributed by atoms with Crippen LogP contribution in [0.3, 0.4) is 0 Å². The van der Waals surface area contributed by atoms with Gasteiger partial charge in [-0.1, -0.05) is 30.8 Å². The summed E-state index contributed by atoms with van der Waals surface area (Å²) in [6.07, 6.45) is 3.42. The fourth-order valence-corrected chi connectivity index (χ4v) is 4.56. The Morgan fingerprint density at radius 1 is 1.19 bits per heavy atom. The van der Waals surface area contributed by atoms with Crippen molar-refractivity contribution in [2.24, 2.45) is 4.99 Å². The third kappa shape index (κ3) is 5.61. The summed E-state index contributed by atoms with van der Waals surface area (Å²) in [6.45, 7) is 5.74. The Kier molecular flexibility index (Phi) is 8.00. The molecule has 7 heteroatoms. The van der Waals surface area contributed by atoms with Crippen LogP contribution in [0, 0.1) is 0 Å². The molecule has 0 aromatic heterocycles. The Balaban J connectivity index is 1.74. The maximum Gasteiger partial charge on any atom is 0.266 e. The second-order valence-corrected chi connectivity index (χ2v) is 7.98. The van der Waals surface area contributed by atoms with Crippen LogP contribution in [0.5, 0.6) is 17.2 Å². The monoisotopic (exact) mass is 440 g/mol. The van der Waals surface area contributed by atoms with E-state index in [1.807, 2.05) is 48.5 Å². The molecule has 1 heterocycles. The summed E-state index contributed by atoms with van der Waals surface area (Å²) in [7, 11) is 3.22. The first-order chi connectivity index (χ1) is 15.1. The van der Waals surface area contributed by atoms with Gasteiger partial charge in [-0.05, 0) is 54.8 Å². The molecule has 31 heavy (non-hydrogen) atoms. The van der Waals surface area contributed by atoms with Crippen LogP contribution in [0.15, 0.2) is 60.1 Å². The average molecular weight is 441 g/mol. The van der Waals surface area contributed by atoms with Crippen LogP contribution in [0.4, 0.5) is 5.69 Å². The molecule has 1 aliphatic heterocycles. The van der Waals surface area contributed by atoms with Gasteiger partial charge in [0.05, 0.1) is 19.9 Å². The number of benzene rings is 2. The number of methoxy groups -OCH3 is 2.